The van der Waals surface area contributed by atoms with Crippen molar-refractivity contribution in [2.75, 3.05) is 11.9 Å². The van der Waals surface area contributed by atoms with Crippen LogP contribution in [0.5, 0.6) is 0 Å². The number of hydrogen-bond acceptors (Lipinski definition) is 1. The fourth-order valence-electron chi connectivity index (χ4n) is 2.91. The van der Waals surface area contributed by atoms with Crippen molar-refractivity contribution in [3.8, 4) is 0 Å². The van der Waals surface area contributed by atoms with E-state index in [0.29, 0.717) is 17.8 Å². The van der Waals surface area contributed by atoms with E-state index in [0.717, 1.165) is 18.4 Å². The van der Waals surface area contributed by atoms with E-state index in [4.69, 9.17) is 0 Å². The highest BCUT2D eigenvalue weighted by Crippen LogP contribution is 2.32. The van der Waals surface area contributed by atoms with E-state index in [-0.39, 0.29) is 23.7 Å². The van der Waals surface area contributed by atoms with Crippen LogP contribution in [-0.2, 0) is 0 Å². The number of halogens is 2. The highest BCUT2D eigenvalue weighted by molar-refractivity contribution is 5.89. The molecule has 120 valence electrons. The number of nitrogens with zero attached hydrogens (tertiary/aromatic N) is 1. The smallest absolute Gasteiger partial charge is 0.317 e. The van der Waals surface area contributed by atoms with E-state index in [1.54, 1.807) is 36.1 Å². The summed E-state index contributed by atoms with van der Waals surface area (Å²) < 4.78 is 26.6. The van der Waals surface area contributed by atoms with Gasteiger partial charge < -0.3 is 10.2 Å². The zero-order valence-corrected chi connectivity index (χ0v) is 12.9. The molecule has 1 fully saturated rings. The molecule has 0 aliphatic carbocycles. The number of nitrogens with one attached hydrogen (secondary N) is 1. The van der Waals surface area contributed by atoms with Crippen molar-refractivity contribution < 1.29 is 13.6 Å². The standard InChI is InChI=1S/C18H18F2N2O/c1-12-4-9-15(11-16(12)20)21-18(23)22-10-2-3-17(22)13-5-7-14(19)8-6-13/h4-9,11,17H,2-3,10H2,1H3,(H,21,23). The molecule has 0 bridgehead atoms. The summed E-state index contributed by atoms with van der Waals surface area (Å²) >= 11 is 0. The Bertz CT molecular complexity index is 715. The first kappa shape index (κ1) is 15.5. The minimum atomic E-state index is -0.348. The Morgan fingerprint density at radius 1 is 1.17 bits per heavy atom. The van der Waals surface area contributed by atoms with Crippen LogP contribution in [0.3, 0.4) is 0 Å². The van der Waals surface area contributed by atoms with Gasteiger partial charge in [-0.1, -0.05) is 18.2 Å². The highest BCUT2D eigenvalue weighted by atomic mass is 19.1. The predicted molar refractivity (Wildman–Crippen MR) is 85.2 cm³/mol. The van der Waals surface area contributed by atoms with Crippen molar-refractivity contribution in [3.05, 3.63) is 65.2 Å². The molecule has 0 saturated carbocycles. The summed E-state index contributed by atoms with van der Waals surface area (Å²) in [6, 6.07) is 10.5. The molecule has 2 amide bonds. The normalized spacial score (nSPS) is 17.3. The van der Waals surface area contributed by atoms with Gasteiger partial charge in [-0.2, -0.15) is 0 Å². The maximum atomic E-state index is 13.6. The van der Waals surface area contributed by atoms with Gasteiger partial charge in [0.15, 0.2) is 0 Å². The van der Waals surface area contributed by atoms with E-state index in [9.17, 15) is 13.6 Å². The molecule has 23 heavy (non-hydrogen) atoms. The molecule has 1 unspecified atom stereocenters. The molecule has 3 nitrogen and oxygen atoms in total. The number of carbonyl (C=O) groups excluding carboxylic acids is 1. The number of benzene rings is 2. The van der Waals surface area contributed by atoms with E-state index in [1.807, 2.05) is 0 Å². The lowest BCUT2D eigenvalue weighted by Gasteiger charge is -2.25. The Morgan fingerprint density at radius 2 is 1.91 bits per heavy atom. The lowest BCUT2D eigenvalue weighted by Crippen LogP contribution is -2.34. The van der Waals surface area contributed by atoms with Crippen LogP contribution in [0.4, 0.5) is 19.3 Å². The Hall–Kier alpha value is -2.43. The van der Waals surface area contributed by atoms with Gasteiger partial charge >= 0.3 is 6.03 Å². The van der Waals surface area contributed by atoms with Crippen LogP contribution in [-0.4, -0.2) is 17.5 Å². The third kappa shape index (κ3) is 3.33. The largest absolute Gasteiger partial charge is 0.322 e. The molecule has 1 aliphatic heterocycles. The summed E-state index contributed by atoms with van der Waals surface area (Å²) in [7, 11) is 0. The summed E-state index contributed by atoms with van der Waals surface area (Å²) in [6.07, 6.45) is 1.72. The number of anilines is 1. The maximum absolute atomic E-state index is 13.6. The first-order chi connectivity index (χ1) is 11.0. The molecular weight excluding hydrogens is 298 g/mol. The summed E-state index contributed by atoms with van der Waals surface area (Å²) in [5.41, 5.74) is 1.88. The molecule has 2 aromatic carbocycles. The van der Waals surface area contributed by atoms with Gasteiger partial charge in [0, 0.05) is 12.2 Å². The van der Waals surface area contributed by atoms with Gasteiger partial charge in [-0.15, -0.1) is 0 Å². The van der Waals surface area contributed by atoms with Gasteiger partial charge in [-0.25, -0.2) is 13.6 Å². The van der Waals surface area contributed by atoms with Gasteiger partial charge in [-0.05, 0) is 55.2 Å². The van der Waals surface area contributed by atoms with Crippen molar-refractivity contribution in [2.45, 2.75) is 25.8 Å². The Labute approximate surface area is 133 Å². The number of carbonyl (C=O) groups is 1. The molecule has 1 heterocycles. The topological polar surface area (TPSA) is 32.3 Å². The molecule has 0 radical (unpaired) electrons. The third-order valence-electron chi connectivity index (χ3n) is 4.19. The maximum Gasteiger partial charge on any atom is 0.322 e. The Kier molecular flexibility index (Phi) is 4.28. The zero-order valence-electron chi connectivity index (χ0n) is 12.9. The molecule has 2 aromatic rings. The van der Waals surface area contributed by atoms with E-state index in [2.05, 4.69) is 5.32 Å². The number of urea groups is 1. The first-order valence-corrected chi connectivity index (χ1v) is 7.64. The van der Waals surface area contributed by atoms with Crippen molar-refractivity contribution in [1.29, 1.82) is 0 Å². The predicted octanol–water partition coefficient (Wildman–Crippen LogP) is 4.64. The highest BCUT2D eigenvalue weighted by Gasteiger charge is 2.30. The molecule has 5 heteroatoms. The second-order valence-electron chi connectivity index (χ2n) is 5.80. The minimum absolute atomic E-state index is 0.0779. The molecule has 1 N–H and O–H groups in total. The third-order valence-corrected chi connectivity index (χ3v) is 4.19. The second kappa shape index (κ2) is 6.36. The van der Waals surface area contributed by atoms with E-state index < -0.39 is 0 Å². The first-order valence-electron chi connectivity index (χ1n) is 7.64. The number of hydrogen-bond donors (Lipinski definition) is 1. The number of amides is 2. The van der Waals surface area contributed by atoms with Crippen molar-refractivity contribution >= 4 is 11.7 Å². The zero-order chi connectivity index (χ0) is 16.4. The summed E-state index contributed by atoms with van der Waals surface area (Å²) in [5.74, 6) is -0.641. The molecular formula is C18H18F2N2O. The fraction of sp³-hybridized carbons (Fsp3) is 0.278. The van der Waals surface area contributed by atoms with Crippen LogP contribution in [0.15, 0.2) is 42.5 Å². The number of aryl methyl sites for hydroxylation is 1. The van der Waals surface area contributed by atoms with Gasteiger partial charge in [-0.3, -0.25) is 0 Å². The quantitative estimate of drug-likeness (QED) is 0.860. The summed E-state index contributed by atoms with van der Waals surface area (Å²) in [6.45, 7) is 2.30. The van der Waals surface area contributed by atoms with Crippen molar-refractivity contribution in [3.63, 3.8) is 0 Å². The van der Waals surface area contributed by atoms with Crippen molar-refractivity contribution in [2.24, 2.45) is 0 Å². The second-order valence-corrected chi connectivity index (χ2v) is 5.80. The van der Waals surface area contributed by atoms with Crippen LogP contribution >= 0.6 is 0 Å². The molecule has 1 aliphatic rings. The average molecular weight is 316 g/mol. The van der Waals surface area contributed by atoms with Crippen LogP contribution in [0.2, 0.25) is 0 Å². The SMILES string of the molecule is Cc1ccc(NC(=O)N2CCCC2c2ccc(F)cc2)cc1F. The van der Waals surface area contributed by atoms with Gasteiger partial charge in [0.2, 0.25) is 0 Å². The van der Waals surface area contributed by atoms with Gasteiger partial charge in [0.1, 0.15) is 11.6 Å². The van der Waals surface area contributed by atoms with Crippen LogP contribution in [0, 0.1) is 18.6 Å². The van der Waals surface area contributed by atoms with Crippen molar-refractivity contribution in [1.82, 2.24) is 4.90 Å². The van der Waals surface area contributed by atoms with Crippen LogP contribution in [0.25, 0.3) is 0 Å². The van der Waals surface area contributed by atoms with E-state index in [1.165, 1.54) is 18.2 Å². The monoisotopic (exact) mass is 316 g/mol. The van der Waals surface area contributed by atoms with Crippen LogP contribution in [0.1, 0.15) is 30.0 Å². The summed E-state index contributed by atoms with van der Waals surface area (Å²) in [4.78, 5) is 14.2. The molecule has 3 rings (SSSR count). The van der Waals surface area contributed by atoms with E-state index >= 15 is 0 Å². The molecule has 1 atom stereocenters. The lowest BCUT2D eigenvalue weighted by atomic mass is 10.0. The average Bonchev–Trinajstić information content (AvgIpc) is 3.01. The van der Waals surface area contributed by atoms with Gasteiger partial charge in [0.25, 0.3) is 0 Å². The Morgan fingerprint density at radius 3 is 2.61 bits per heavy atom. The lowest BCUT2D eigenvalue weighted by molar-refractivity contribution is 0.207. The fourth-order valence-corrected chi connectivity index (χ4v) is 2.91. The molecule has 0 aromatic heterocycles. The molecule has 0 spiro atoms. The number of rotatable bonds is 2. The number of likely N-dealkylation sites (tertiary alicyclic amines) is 1. The minimum Gasteiger partial charge on any atom is -0.317 e. The summed E-state index contributed by atoms with van der Waals surface area (Å²) in [5, 5.41) is 2.74. The van der Waals surface area contributed by atoms with Crippen LogP contribution < -0.4 is 5.32 Å². The molecule has 1 saturated heterocycles. The Balaban J connectivity index is 1.75. The van der Waals surface area contributed by atoms with Gasteiger partial charge in [0.05, 0.1) is 6.04 Å².